The summed E-state index contributed by atoms with van der Waals surface area (Å²) in [6.45, 7) is 4.76. The minimum absolute atomic E-state index is 0.00952. The fraction of sp³-hybridized carbons (Fsp3) is 0.421. The van der Waals surface area contributed by atoms with Crippen molar-refractivity contribution in [2.45, 2.75) is 39.2 Å². The molecule has 2 heterocycles. The lowest BCUT2D eigenvalue weighted by atomic mass is 10.1. The van der Waals surface area contributed by atoms with Crippen LogP contribution in [-0.2, 0) is 11.2 Å². The Kier molecular flexibility index (Phi) is 5.63. The Morgan fingerprint density at radius 3 is 2.85 bits per heavy atom. The van der Waals surface area contributed by atoms with E-state index < -0.39 is 4.92 Å². The van der Waals surface area contributed by atoms with Crippen LogP contribution in [-0.4, -0.2) is 44.9 Å². The average Bonchev–Trinajstić information content (AvgIpc) is 2.61. The highest BCUT2D eigenvalue weighted by atomic mass is 16.6. The third kappa shape index (κ3) is 4.78. The van der Waals surface area contributed by atoms with Crippen molar-refractivity contribution in [2.75, 3.05) is 13.1 Å². The van der Waals surface area contributed by atoms with Crippen LogP contribution in [0.1, 0.15) is 29.9 Å². The number of aryl methyl sites for hydroxylation is 2. The molecule has 0 aliphatic carbocycles. The van der Waals surface area contributed by atoms with Crippen molar-refractivity contribution in [3.63, 3.8) is 0 Å². The highest BCUT2D eigenvalue weighted by Gasteiger charge is 2.27. The van der Waals surface area contributed by atoms with Crippen LogP contribution in [0.25, 0.3) is 0 Å². The van der Waals surface area contributed by atoms with E-state index in [-0.39, 0.29) is 24.1 Å². The van der Waals surface area contributed by atoms with E-state index in [1.807, 2.05) is 13.8 Å². The quantitative estimate of drug-likeness (QED) is 0.593. The first-order chi connectivity index (χ1) is 12.9. The zero-order valence-corrected chi connectivity index (χ0v) is 15.4. The molecule has 0 N–H and O–H groups in total. The minimum Gasteiger partial charge on any atom is -0.472 e. The van der Waals surface area contributed by atoms with Gasteiger partial charge in [-0.3, -0.25) is 14.9 Å². The standard InChI is InChI=1S/C19H22N4O4/c1-13-10-18(21-14(2)20-13)27-16-7-5-9-22(12-16)19(24)11-15-6-3-4-8-17(15)23(25)26/h3-4,6,8,10,16H,5,7,9,11-12H2,1-2H3. The Morgan fingerprint density at radius 2 is 2.11 bits per heavy atom. The summed E-state index contributed by atoms with van der Waals surface area (Å²) in [5, 5.41) is 11.1. The Morgan fingerprint density at radius 1 is 1.33 bits per heavy atom. The molecular weight excluding hydrogens is 348 g/mol. The lowest BCUT2D eigenvalue weighted by Crippen LogP contribution is -2.45. The molecule has 1 aromatic heterocycles. The number of hydrogen-bond acceptors (Lipinski definition) is 6. The Balaban J connectivity index is 1.65. The van der Waals surface area contributed by atoms with Crippen molar-refractivity contribution < 1.29 is 14.5 Å². The molecule has 27 heavy (non-hydrogen) atoms. The summed E-state index contributed by atoms with van der Waals surface area (Å²) in [5.74, 6) is 1.02. The summed E-state index contributed by atoms with van der Waals surface area (Å²) < 4.78 is 5.96. The molecule has 0 radical (unpaired) electrons. The zero-order valence-electron chi connectivity index (χ0n) is 15.4. The van der Waals surface area contributed by atoms with Gasteiger partial charge in [0.1, 0.15) is 11.9 Å². The number of nitrogens with zero attached hydrogens (tertiary/aromatic N) is 4. The van der Waals surface area contributed by atoms with Crippen LogP contribution in [0.4, 0.5) is 5.69 Å². The maximum atomic E-state index is 12.7. The van der Waals surface area contributed by atoms with Crippen molar-refractivity contribution in [3.8, 4) is 5.88 Å². The van der Waals surface area contributed by atoms with Gasteiger partial charge in [0, 0.05) is 29.9 Å². The number of aromatic nitrogens is 2. The smallest absolute Gasteiger partial charge is 0.273 e. The number of carbonyl (C=O) groups is 1. The van der Waals surface area contributed by atoms with Gasteiger partial charge in [-0.2, -0.15) is 4.98 Å². The van der Waals surface area contributed by atoms with E-state index in [9.17, 15) is 14.9 Å². The van der Waals surface area contributed by atoms with E-state index in [0.717, 1.165) is 18.5 Å². The second-order valence-corrected chi connectivity index (χ2v) is 6.68. The highest BCUT2D eigenvalue weighted by molar-refractivity contribution is 5.80. The molecule has 3 rings (SSSR count). The summed E-state index contributed by atoms with van der Waals surface area (Å²) in [6.07, 6.45) is 1.51. The van der Waals surface area contributed by atoms with Crippen LogP contribution >= 0.6 is 0 Å². The number of nitro groups is 1. The van der Waals surface area contributed by atoms with Crippen molar-refractivity contribution in [1.82, 2.24) is 14.9 Å². The van der Waals surface area contributed by atoms with Crippen molar-refractivity contribution in [1.29, 1.82) is 0 Å². The van der Waals surface area contributed by atoms with Crippen LogP contribution in [0.3, 0.4) is 0 Å². The van der Waals surface area contributed by atoms with Gasteiger partial charge in [-0.15, -0.1) is 0 Å². The molecule has 1 aliphatic heterocycles. The third-order valence-electron chi connectivity index (χ3n) is 4.49. The van der Waals surface area contributed by atoms with Gasteiger partial charge in [-0.25, -0.2) is 4.98 Å². The monoisotopic (exact) mass is 370 g/mol. The van der Waals surface area contributed by atoms with E-state index in [4.69, 9.17) is 4.74 Å². The third-order valence-corrected chi connectivity index (χ3v) is 4.49. The van der Waals surface area contributed by atoms with E-state index in [1.54, 1.807) is 29.2 Å². The van der Waals surface area contributed by atoms with E-state index in [2.05, 4.69) is 9.97 Å². The summed E-state index contributed by atoms with van der Waals surface area (Å²) >= 11 is 0. The van der Waals surface area contributed by atoms with E-state index >= 15 is 0 Å². The Bertz CT molecular complexity index is 835. The number of para-hydroxylation sites is 1. The second kappa shape index (κ2) is 8.11. The average molecular weight is 370 g/mol. The number of rotatable bonds is 5. The lowest BCUT2D eigenvalue weighted by Gasteiger charge is -2.32. The number of likely N-dealkylation sites (tertiary alicyclic amines) is 1. The number of benzene rings is 1. The summed E-state index contributed by atoms with van der Waals surface area (Å²) in [7, 11) is 0. The molecular formula is C19H22N4O4. The molecule has 0 saturated carbocycles. The molecule has 1 fully saturated rings. The number of carbonyl (C=O) groups excluding carboxylic acids is 1. The molecule has 1 atom stereocenters. The molecule has 0 spiro atoms. The molecule has 1 unspecified atom stereocenters. The molecule has 1 saturated heterocycles. The molecule has 1 amide bonds. The van der Waals surface area contributed by atoms with Crippen molar-refractivity contribution in [3.05, 3.63) is 57.5 Å². The summed E-state index contributed by atoms with van der Waals surface area (Å²) in [5.41, 5.74) is 1.23. The number of piperidine rings is 1. The fourth-order valence-corrected chi connectivity index (χ4v) is 3.29. The largest absolute Gasteiger partial charge is 0.472 e. The number of hydrogen-bond donors (Lipinski definition) is 0. The first-order valence-electron chi connectivity index (χ1n) is 8.91. The van der Waals surface area contributed by atoms with Gasteiger partial charge < -0.3 is 9.64 Å². The molecule has 8 heteroatoms. The number of nitro benzene ring substituents is 1. The van der Waals surface area contributed by atoms with Gasteiger partial charge in [0.2, 0.25) is 11.8 Å². The van der Waals surface area contributed by atoms with Crippen LogP contribution in [0, 0.1) is 24.0 Å². The predicted molar refractivity (Wildman–Crippen MR) is 98.5 cm³/mol. The molecule has 8 nitrogen and oxygen atoms in total. The number of amides is 1. The first kappa shape index (κ1) is 18.8. The lowest BCUT2D eigenvalue weighted by molar-refractivity contribution is -0.385. The molecule has 2 aromatic rings. The van der Waals surface area contributed by atoms with Crippen LogP contribution in [0.15, 0.2) is 30.3 Å². The van der Waals surface area contributed by atoms with Gasteiger partial charge in [0.25, 0.3) is 5.69 Å². The Labute approximate surface area is 157 Å². The predicted octanol–water partition coefficient (Wildman–Crippen LogP) is 2.61. The molecule has 1 aliphatic rings. The SMILES string of the molecule is Cc1cc(OC2CCCN(C(=O)Cc3ccccc3[N+](=O)[O-])C2)nc(C)n1. The second-order valence-electron chi connectivity index (χ2n) is 6.68. The maximum absolute atomic E-state index is 12.7. The van der Waals surface area contributed by atoms with Crippen LogP contribution in [0.5, 0.6) is 5.88 Å². The number of ether oxygens (including phenoxy) is 1. The summed E-state index contributed by atoms with van der Waals surface area (Å²) in [6, 6.07) is 8.13. The van der Waals surface area contributed by atoms with Gasteiger partial charge in [-0.1, -0.05) is 18.2 Å². The summed E-state index contributed by atoms with van der Waals surface area (Å²) in [4.78, 5) is 33.6. The van der Waals surface area contributed by atoms with Gasteiger partial charge in [0.05, 0.1) is 17.9 Å². The van der Waals surface area contributed by atoms with Gasteiger partial charge in [0.15, 0.2) is 0 Å². The van der Waals surface area contributed by atoms with E-state index in [1.165, 1.54) is 6.07 Å². The van der Waals surface area contributed by atoms with E-state index in [0.29, 0.717) is 30.4 Å². The Hall–Kier alpha value is -3.03. The van der Waals surface area contributed by atoms with Crippen molar-refractivity contribution >= 4 is 11.6 Å². The van der Waals surface area contributed by atoms with Gasteiger partial charge in [-0.05, 0) is 26.7 Å². The topological polar surface area (TPSA) is 98.5 Å². The fourth-order valence-electron chi connectivity index (χ4n) is 3.29. The maximum Gasteiger partial charge on any atom is 0.273 e. The zero-order chi connectivity index (χ0) is 19.4. The first-order valence-corrected chi connectivity index (χ1v) is 8.91. The van der Waals surface area contributed by atoms with Crippen molar-refractivity contribution in [2.24, 2.45) is 0 Å². The van der Waals surface area contributed by atoms with Crippen LogP contribution in [0.2, 0.25) is 0 Å². The highest BCUT2D eigenvalue weighted by Crippen LogP contribution is 2.21. The molecule has 0 bridgehead atoms. The van der Waals surface area contributed by atoms with Crippen LogP contribution < -0.4 is 4.74 Å². The molecule has 142 valence electrons. The normalized spacial score (nSPS) is 16.8. The van der Waals surface area contributed by atoms with Gasteiger partial charge >= 0.3 is 0 Å². The molecule has 1 aromatic carbocycles. The minimum atomic E-state index is -0.454.